The van der Waals surface area contributed by atoms with Crippen molar-refractivity contribution in [1.29, 1.82) is 0 Å². The molecule has 0 aliphatic rings. The van der Waals surface area contributed by atoms with E-state index in [0.717, 1.165) is 10.8 Å². The summed E-state index contributed by atoms with van der Waals surface area (Å²) in [4.78, 5) is 17.8. The van der Waals surface area contributed by atoms with Gasteiger partial charge in [-0.2, -0.15) is 0 Å². The lowest BCUT2D eigenvalue weighted by molar-refractivity contribution is -0.142. The summed E-state index contributed by atoms with van der Waals surface area (Å²) in [7, 11) is 3.65. The first-order chi connectivity index (χ1) is 8.58. The smallest absolute Gasteiger partial charge is 0.311 e. The number of methoxy groups -OCH3 is 1. The molecule has 5 nitrogen and oxygen atoms in total. The first-order valence-corrected chi connectivity index (χ1v) is 6.78. The number of hydrogen-bond acceptors (Lipinski definition) is 6. The quantitative estimate of drug-likeness (QED) is 0.707. The van der Waals surface area contributed by atoms with Gasteiger partial charge in [-0.15, -0.1) is 11.3 Å². The number of carbonyl (C=O) groups excluding carboxylic acids is 1. The van der Waals surface area contributed by atoms with E-state index in [4.69, 9.17) is 9.47 Å². The molecule has 0 aromatic carbocycles. The summed E-state index contributed by atoms with van der Waals surface area (Å²) in [6.07, 6.45) is 0.233. The number of hydrogen-bond donors (Lipinski definition) is 0. The average molecular weight is 272 g/mol. The van der Waals surface area contributed by atoms with Crippen molar-refractivity contribution in [3.05, 3.63) is 11.1 Å². The van der Waals surface area contributed by atoms with Gasteiger partial charge in [-0.25, -0.2) is 4.98 Å². The van der Waals surface area contributed by atoms with Gasteiger partial charge in [0.1, 0.15) is 0 Å². The van der Waals surface area contributed by atoms with Crippen LogP contribution in [0.15, 0.2) is 5.38 Å². The van der Waals surface area contributed by atoms with E-state index in [2.05, 4.69) is 11.9 Å². The first kappa shape index (κ1) is 14.9. The molecule has 0 saturated carbocycles. The van der Waals surface area contributed by atoms with Crippen LogP contribution in [-0.4, -0.2) is 44.4 Å². The van der Waals surface area contributed by atoms with Crippen LogP contribution in [0, 0.1) is 0 Å². The third kappa shape index (κ3) is 4.27. The second-order valence-corrected chi connectivity index (χ2v) is 4.86. The van der Waals surface area contributed by atoms with Crippen LogP contribution in [0.4, 0.5) is 5.13 Å². The van der Waals surface area contributed by atoms with Gasteiger partial charge in [-0.3, -0.25) is 4.79 Å². The SMILES string of the molecule is CCOC(=O)Cc1csc(N(C)C(C)COC)n1. The maximum absolute atomic E-state index is 11.3. The van der Waals surface area contributed by atoms with Crippen molar-refractivity contribution in [3.8, 4) is 0 Å². The van der Waals surface area contributed by atoms with Gasteiger partial charge in [0, 0.05) is 19.5 Å². The lowest BCUT2D eigenvalue weighted by atomic mass is 10.3. The van der Waals surface area contributed by atoms with Crippen LogP contribution in [0.2, 0.25) is 0 Å². The molecule has 18 heavy (non-hydrogen) atoms. The van der Waals surface area contributed by atoms with Crippen LogP contribution in [0.5, 0.6) is 0 Å². The zero-order valence-corrected chi connectivity index (χ0v) is 12.1. The zero-order valence-electron chi connectivity index (χ0n) is 11.3. The van der Waals surface area contributed by atoms with Gasteiger partial charge < -0.3 is 14.4 Å². The minimum absolute atomic E-state index is 0.233. The van der Waals surface area contributed by atoms with Crippen molar-refractivity contribution in [3.63, 3.8) is 0 Å². The minimum Gasteiger partial charge on any atom is -0.466 e. The Morgan fingerprint density at radius 3 is 2.94 bits per heavy atom. The molecule has 1 atom stereocenters. The number of ether oxygens (including phenoxy) is 2. The number of aromatic nitrogens is 1. The third-order valence-electron chi connectivity index (χ3n) is 2.54. The van der Waals surface area contributed by atoms with Gasteiger partial charge in [0.2, 0.25) is 0 Å². The van der Waals surface area contributed by atoms with Gasteiger partial charge in [-0.1, -0.05) is 0 Å². The fourth-order valence-electron chi connectivity index (χ4n) is 1.44. The monoisotopic (exact) mass is 272 g/mol. The van der Waals surface area contributed by atoms with Crippen molar-refractivity contribution in [2.75, 3.05) is 32.3 Å². The van der Waals surface area contributed by atoms with E-state index in [0.29, 0.717) is 13.2 Å². The summed E-state index contributed by atoms with van der Waals surface area (Å²) >= 11 is 1.52. The van der Waals surface area contributed by atoms with Gasteiger partial charge in [0.05, 0.1) is 31.4 Å². The molecule has 1 rings (SSSR count). The predicted molar refractivity (Wildman–Crippen MR) is 72.2 cm³/mol. The Morgan fingerprint density at radius 2 is 2.33 bits per heavy atom. The van der Waals surface area contributed by atoms with Crippen LogP contribution < -0.4 is 4.90 Å². The molecule has 1 aromatic rings. The van der Waals surface area contributed by atoms with Gasteiger partial charge in [0.15, 0.2) is 5.13 Å². The van der Waals surface area contributed by atoms with Crippen molar-refractivity contribution in [2.24, 2.45) is 0 Å². The first-order valence-electron chi connectivity index (χ1n) is 5.90. The molecule has 1 aromatic heterocycles. The van der Waals surface area contributed by atoms with Crippen molar-refractivity contribution in [2.45, 2.75) is 26.3 Å². The summed E-state index contributed by atoms with van der Waals surface area (Å²) in [6, 6.07) is 0.247. The van der Waals surface area contributed by atoms with Crippen LogP contribution >= 0.6 is 11.3 Å². The number of esters is 1. The van der Waals surface area contributed by atoms with Crippen molar-refractivity contribution >= 4 is 22.4 Å². The van der Waals surface area contributed by atoms with E-state index in [-0.39, 0.29) is 18.4 Å². The molecule has 0 aliphatic carbocycles. The Bertz CT molecular complexity index is 381. The van der Waals surface area contributed by atoms with E-state index in [1.807, 2.05) is 17.3 Å². The van der Waals surface area contributed by atoms with Crippen LogP contribution in [0.25, 0.3) is 0 Å². The van der Waals surface area contributed by atoms with Crippen LogP contribution in [0.3, 0.4) is 0 Å². The highest BCUT2D eigenvalue weighted by Crippen LogP contribution is 2.21. The Labute approximate surface area is 112 Å². The number of rotatable bonds is 7. The molecule has 6 heteroatoms. The maximum atomic E-state index is 11.3. The van der Waals surface area contributed by atoms with Crippen molar-refractivity contribution in [1.82, 2.24) is 4.98 Å². The molecular formula is C12H20N2O3S. The van der Waals surface area contributed by atoms with Crippen molar-refractivity contribution < 1.29 is 14.3 Å². The van der Waals surface area contributed by atoms with Gasteiger partial charge in [0.25, 0.3) is 0 Å². The second kappa shape index (κ2) is 7.33. The predicted octanol–water partition coefficient (Wildman–Crippen LogP) is 1.72. The Kier molecular flexibility index (Phi) is 6.07. The van der Waals surface area contributed by atoms with Crippen LogP contribution in [0.1, 0.15) is 19.5 Å². The van der Waals surface area contributed by atoms with E-state index >= 15 is 0 Å². The molecule has 1 heterocycles. The lowest BCUT2D eigenvalue weighted by Crippen LogP contribution is -2.32. The molecule has 0 saturated heterocycles. The topological polar surface area (TPSA) is 51.7 Å². The zero-order chi connectivity index (χ0) is 13.5. The summed E-state index contributed by atoms with van der Waals surface area (Å²) in [5.74, 6) is -0.234. The van der Waals surface area contributed by atoms with Gasteiger partial charge in [-0.05, 0) is 13.8 Å². The number of carbonyl (C=O) groups is 1. The Morgan fingerprint density at radius 1 is 1.61 bits per heavy atom. The highest BCUT2D eigenvalue weighted by molar-refractivity contribution is 7.13. The summed E-state index contributed by atoms with van der Waals surface area (Å²) in [6.45, 7) is 4.91. The summed E-state index contributed by atoms with van der Waals surface area (Å²) in [5.41, 5.74) is 0.755. The molecular weight excluding hydrogens is 252 g/mol. The molecule has 0 amide bonds. The molecule has 0 N–H and O–H groups in total. The van der Waals surface area contributed by atoms with Crippen LogP contribution in [-0.2, 0) is 20.7 Å². The minimum atomic E-state index is -0.234. The number of nitrogens with zero attached hydrogens (tertiary/aromatic N) is 2. The maximum Gasteiger partial charge on any atom is 0.311 e. The standard InChI is InChI=1S/C12H20N2O3S/c1-5-17-11(15)6-10-8-18-12(13-10)14(3)9(2)7-16-4/h8-9H,5-7H2,1-4H3. The largest absolute Gasteiger partial charge is 0.466 e. The number of thiazole rings is 1. The molecule has 0 fully saturated rings. The fourth-order valence-corrected chi connectivity index (χ4v) is 2.33. The summed E-state index contributed by atoms with van der Waals surface area (Å²) < 4.78 is 10.0. The Hall–Kier alpha value is -1.14. The second-order valence-electron chi connectivity index (χ2n) is 4.02. The molecule has 0 spiro atoms. The lowest BCUT2D eigenvalue weighted by Gasteiger charge is -2.23. The molecule has 0 aliphatic heterocycles. The number of likely N-dealkylation sites (N-methyl/N-ethyl adjacent to an activating group) is 1. The third-order valence-corrected chi connectivity index (χ3v) is 3.52. The molecule has 0 radical (unpaired) electrons. The van der Waals surface area contributed by atoms with E-state index in [1.165, 1.54) is 11.3 Å². The van der Waals surface area contributed by atoms with E-state index in [9.17, 15) is 4.79 Å². The molecule has 102 valence electrons. The van der Waals surface area contributed by atoms with E-state index < -0.39 is 0 Å². The molecule has 0 bridgehead atoms. The highest BCUT2D eigenvalue weighted by atomic mass is 32.1. The highest BCUT2D eigenvalue weighted by Gasteiger charge is 2.14. The Balaban J connectivity index is 2.59. The summed E-state index contributed by atoms with van der Waals surface area (Å²) in [5, 5.41) is 2.78. The fraction of sp³-hybridized carbons (Fsp3) is 0.667. The normalized spacial score (nSPS) is 12.2. The van der Waals surface area contributed by atoms with Gasteiger partial charge >= 0.3 is 5.97 Å². The van der Waals surface area contributed by atoms with E-state index in [1.54, 1.807) is 14.0 Å². The molecule has 1 unspecified atom stereocenters. The number of anilines is 1. The average Bonchev–Trinajstić information content (AvgIpc) is 2.77.